The molecule has 0 bridgehead atoms. The van der Waals surface area contributed by atoms with Crippen LogP contribution in [0.1, 0.15) is 19.8 Å². The third kappa shape index (κ3) is 2.59. The molecule has 1 fully saturated rings. The minimum Gasteiger partial charge on any atom is -0.377 e. The number of ether oxygens (including phenoxy) is 1. The molecule has 15 heavy (non-hydrogen) atoms. The molecule has 0 aliphatic carbocycles. The third-order valence-electron chi connectivity index (χ3n) is 2.51. The van der Waals surface area contributed by atoms with E-state index in [0.29, 0.717) is 11.3 Å². The predicted molar refractivity (Wildman–Crippen MR) is 61.8 cm³/mol. The minimum absolute atomic E-state index is 0.307. The standard InChI is InChI=1S/C9H14ClN3OS/c1-2-14-7-4-3-5-13(6-7)9-8(10)11-15-12-9/h7H,2-6H2,1H3. The van der Waals surface area contributed by atoms with Gasteiger partial charge in [-0.3, -0.25) is 0 Å². The van der Waals surface area contributed by atoms with Crippen LogP contribution in [0.5, 0.6) is 0 Å². The summed E-state index contributed by atoms with van der Waals surface area (Å²) in [4.78, 5) is 2.16. The van der Waals surface area contributed by atoms with Crippen LogP contribution in [0.4, 0.5) is 5.82 Å². The van der Waals surface area contributed by atoms with Gasteiger partial charge in [-0.05, 0) is 19.8 Å². The van der Waals surface area contributed by atoms with Gasteiger partial charge in [-0.1, -0.05) is 11.6 Å². The van der Waals surface area contributed by atoms with Crippen LogP contribution >= 0.6 is 23.3 Å². The van der Waals surface area contributed by atoms with E-state index in [4.69, 9.17) is 16.3 Å². The molecular weight excluding hydrogens is 234 g/mol. The van der Waals surface area contributed by atoms with Gasteiger partial charge in [-0.2, -0.15) is 8.75 Å². The van der Waals surface area contributed by atoms with E-state index >= 15 is 0 Å². The number of halogens is 1. The Morgan fingerprint density at radius 1 is 1.60 bits per heavy atom. The molecule has 1 atom stereocenters. The lowest BCUT2D eigenvalue weighted by Crippen LogP contribution is -2.40. The fraction of sp³-hybridized carbons (Fsp3) is 0.778. The largest absolute Gasteiger partial charge is 0.377 e. The summed E-state index contributed by atoms with van der Waals surface area (Å²) < 4.78 is 13.8. The third-order valence-corrected chi connectivity index (χ3v) is 3.39. The fourth-order valence-electron chi connectivity index (χ4n) is 1.86. The second kappa shape index (κ2) is 5.09. The molecule has 1 unspecified atom stereocenters. The highest BCUT2D eigenvalue weighted by Gasteiger charge is 2.23. The Morgan fingerprint density at radius 2 is 2.47 bits per heavy atom. The van der Waals surface area contributed by atoms with Crippen molar-refractivity contribution in [2.24, 2.45) is 0 Å². The van der Waals surface area contributed by atoms with Crippen LogP contribution in [0.15, 0.2) is 0 Å². The van der Waals surface area contributed by atoms with Crippen molar-refractivity contribution in [1.82, 2.24) is 8.75 Å². The van der Waals surface area contributed by atoms with Crippen molar-refractivity contribution in [1.29, 1.82) is 0 Å². The molecule has 0 N–H and O–H groups in total. The molecule has 0 radical (unpaired) electrons. The molecule has 0 amide bonds. The molecule has 1 aromatic heterocycles. The van der Waals surface area contributed by atoms with Crippen molar-refractivity contribution in [2.75, 3.05) is 24.6 Å². The molecule has 6 heteroatoms. The van der Waals surface area contributed by atoms with Gasteiger partial charge in [0.2, 0.25) is 0 Å². The Labute approximate surface area is 98.5 Å². The van der Waals surface area contributed by atoms with Gasteiger partial charge >= 0.3 is 0 Å². The molecule has 84 valence electrons. The van der Waals surface area contributed by atoms with Gasteiger partial charge in [0, 0.05) is 19.7 Å². The molecule has 0 spiro atoms. The van der Waals surface area contributed by atoms with Crippen LogP contribution in [0, 0.1) is 0 Å². The molecule has 1 aliphatic heterocycles. The Kier molecular flexibility index (Phi) is 3.77. The second-order valence-electron chi connectivity index (χ2n) is 3.54. The maximum Gasteiger partial charge on any atom is 0.187 e. The van der Waals surface area contributed by atoms with E-state index in [0.717, 1.165) is 50.1 Å². The van der Waals surface area contributed by atoms with E-state index in [1.54, 1.807) is 0 Å². The van der Waals surface area contributed by atoms with Crippen LogP contribution in [0.3, 0.4) is 0 Å². The zero-order valence-corrected chi connectivity index (χ0v) is 10.2. The van der Waals surface area contributed by atoms with Gasteiger partial charge in [-0.15, -0.1) is 0 Å². The van der Waals surface area contributed by atoms with E-state index in [1.807, 2.05) is 6.92 Å². The highest BCUT2D eigenvalue weighted by molar-refractivity contribution is 6.99. The number of piperidine rings is 1. The lowest BCUT2D eigenvalue weighted by Gasteiger charge is -2.32. The Bertz CT molecular complexity index is 318. The molecule has 1 aromatic rings. The molecule has 0 aromatic carbocycles. The van der Waals surface area contributed by atoms with Gasteiger partial charge < -0.3 is 9.64 Å². The first-order valence-corrected chi connectivity index (χ1v) is 6.26. The molecule has 2 heterocycles. The number of nitrogens with zero attached hydrogens (tertiary/aromatic N) is 3. The Hall–Kier alpha value is -0.390. The molecular formula is C9H14ClN3OS. The van der Waals surface area contributed by atoms with Crippen molar-refractivity contribution in [3.63, 3.8) is 0 Å². The van der Waals surface area contributed by atoms with E-state index in [-0.39, 0.29) is 0 Å². The van der Waals surface area contributed by atoms with Crippen LogP contribution in [-0.4, -0.2) is 34.5 Å². The maximum atomic E-state index is 5.95. The van der Waals surface area contributed by atoms with Gasteiger partial charge in [0.05, 0.1) is 17.8 Å². The average molecular weight is 248 g/mol. The monoisotopic (exact) mass is 247 g/mol. The number of hydrogen-bond donors (Lipinski definition) is 0. The van der Waals surface area contributed by atoms with Gasteiger partial charge in [-0.25, -0.2) is 0 Å². The first kappa shape index (κ1) is 11.1. The number of rotatable bonds is 3. The summed E-state index contributed by atoms with van der Waals surface area (Å²) in [6, 6.07) is 0. The van der Waals surface area contributed by atoms with Crippen molar-refractivity contribution < 1.29 is 4.74 Å². The summed E-state index contributed by atoms with van der Waals surface area (Å²) in [5.74, 6) is 0.811. The first-order valence-electron chi connectivity index (χ1n) is 5.16. The summed E-state index contributed by atoms with van der Waals surface area (Å²) in [7, 11) is 0. The number of hydrogen-bond acceptors (Lipinski definition) is 5. The lowest BCUT2D eigenvalue weighted by atomic mass is 10.1. The van der Waals surface area contributed by atoms with Crippen LogP contribution in [0.2, 0.25) is 5.15 Å². The van der Waals surface area contributed by atoms with Crippen LogP contribution in [-0.2, 0) is 4.74 Å². The van der Waals surface area contributed by atoms with Crippen molar-refractivity contribution in [3.05, 3.63) is 5.15 Å². The Balaban J connectivity index is 2.01. The van der Waals surface area contributed by atoms with Crippen LogP contribution in [0.25, 0.3) is 0 Å². The predicted octanol–water partition coefficient (Wildman–Crippen LogP) is 2.20. The summed E-state index contributed by atoms with van der Waals surface area (Å²) in [6.07, 6.45) is 2.56. The minimum atomic E-state index is 0.307. The average Bonchev–Trinajstić information content (AvgIpc) is 2.65. The zero-order chi connectivity index (χ0) is 10.7. The molecule has 0 saturated carbocycles. The SMILES string of the molecule is CCOC1CCCN(c2nsnc2Cl)C1. The van der Waals surface area contributed by atoms with E-state index in [1.165, 1.54) is 0 Å². The number of anilines is 1. The lowest BCUT2D eigenvalue weighted by molar-refractivity contribution is 0.0525. The highest BCUT2D eigenvalue weighted by Crippen LogP contribution is 2.26. The van der Waals surface area contributed by atoms with Gasteiger partial charge in [0.15, 0.2) is 11.0 Å². The fourth-order valence-corrected chi connectivity index (χ4v) is 2.64. The van der Waals surface area contributed by atoms with Gasteiger partial charge in [0.25, 0.3) is 0 Å². The first-order chi connectivity index (χ1) is 7.31. The van der Waals surface area contributed by atoms with E-state index in [2.05, 4.69) is 13.6 Å². The Morgan fingerprint density at radius 3 is 3.13 bits per heavy atom. The second-order valence-corrected chi connectivity index (χ2v) is 4.43. The summed E-state index contributed by atoms with van der Waals surface area (Å²) in [5, 5.41) is 0.511. The summed E-state index contributed by atoms with van der Waals surface area (Å²) >= 11 is 7.11. The smallest absolute Gasteiger partial charge is 0.187 e. The van der Waals surface area contributed by atoms with E-state index in [9.17, 15) is 0 Å². The zero-order valence-electron chi connectivity index (χ0n) is 8.65. The maximum absolute atomic E-state index is 5.95. The highest BCUT2D eigenvalue weighted by atomic mass is 35.5. The topological polar surface area (TPSA) is 38.2 Å². The van der Waals surface area contributed by atoms with Crippen molar-refractivity contribution in [3.8, 4) is 0 Å². The molecule has 1 saturated heterocycles. The van der Waals surface area contributed by atoms with Gasteiger partial charge in [0.1, 0.15) is 0 Å². The summed E-state index contributed by atoms with van der Waals surface area (Å²) in [6.45, 7) is 4.66. The molecule has 1 aliphatic rings. The normalized spacial score (nSPS) is 22.0. The summed E-state index contributed by atoms with van der Waals surface area (Å²) in [5.41, 5.74) is 0. The van der Waals surface area contributed by atoms with Crippen molar-refractivity contribution in [2.45, 2.75) is 25.9 Å². The van der Waals surface area contributed by atoms with E-state index < -0.39 is 0 Å². The van der Waals surface area contributed by atoms with Crippen LogP contribution < -0.4 is 4.90 Å². The molecule has 2 rings (SSSR count). The van der Waals surface area contributed by atoms with Crippen molar-refractivity contribution >= 4 is 29.1 Å². The molecule has 4 nitrogen and oxygen atoms in total. The quantitative estimate of drug-likeness (QED) is 0.821. The number of aromatic nitrogens is 2.